The summed E-state index contributed by atoms with van der Waals surface area (Å²) in [5, 5.41) is 12.7. The van der Waals surface area contributed by atoms with Gasteiger partial charge in [-0.05, 0) is 32.9 Å². The molecule has 1 rings (SSSR count). The van der Waals surface area contributed by atoms with Gasteiger partial charge >= 0.3 is 0 Å². The fourth-order valence-corrected chi connectivity index (χ4v) is 2.50. The Bertz CT molecular complexity index is 282. The van der Waals surface area contributed by atoms with E-state index in [0.29, 0.717) is 19.0 Å². The highest BCUT2D eigenvalue weighted by atomic mass is 16.3. The summed E-state index contributed by atoms with van der Waals surface area (Å²) in [6.45, 7) is 6.93. The molecular formula is C14H29N3O2. The second kappa shape index (κ2) is 7.82. The van der Waals surface area contributed by atoms with Gasteiger partial charge in [0.05, 0.1) is 12.6 Å². The molecule has 0 spiro atoms. The Labute approximate surface area is 117 Å². The van der Waals surface area contributed by atoms with Crippen LogP contribution >= 0.6 is 0 Å². The number of rotatable bonds is 7. The van der Waals surface area contributed by atoms with Gasteiger partial charge in [0, 0.05) is 25.7 Å². The van der Waals surface area contributed by atoms with Crippen molar-refractivity contribution >= 4 is 5.91 Å². The third-order valence-electron chi connectivity index (χ3n) is 3.47. The van der Waals surface area contributed by atoms with E-state index >= 15 is 0 Å². The van der Waals surface area contributed by atoms with Crippen LogP contribution in [-0.4, -0.2) is 73.2 Å². The molecule has 112 valence electrons. The highest BCUT2D eigenvalue weighted by molar-refractivity contribution is 5.78. The first-order valence-corrected chi connectivity index (χ1v) is 7.22. The van der Waals surface area contributed by atoms with Crippen molar-refractivity contribution in [2.45, 2.75) is 38.8 Å². The minimum atomic E-state index is -0.298. The zero-order chi connectivity index (χ0) is 14.4. The molecule has 2 atom stereocenters. The average Bonchev–Trinajstić information content (AvgIpc) is 2.57. The van der Waals surface area contributed by atoms with Crippen molar-refractivity contribution in [3.05, 3.63) is 0 Å². The zero-order valence-corrected chi connectivity index (χ0v) is 12.7. The number of amides is 1. The smallest absolute Gasteiger partial charge is 0.234 e. The molecule has 1 aliphatic rings. The van der Waals surface area contributed by atoms with Crippen LogP contribution in [0.1, 0.15) is 26.7 Å². The van der Waals surface area contributed by atoms with Gasteiger partial charge in [-0.1, -0.05) is 13.8 Å². The van der Waals surface area contributed by atoms with E-state index in [4.69, 9.17) is 0 Å². The van der Waals surface area contributed by atoms with E-state index in [9.17, 15) is 9.90 Å². The number of carbonyl (C=O) groups is 1. The first-order valence-electron chi connectivity index (χ1n) is 7.22. The van der Waals surface area contributed by atoms with Gasteiger partial charge in [-0.3, -0.25) is 9.69 Å². The molecule has 0 saturated carbocycles. The summed E-state index contributed by atoms with van der Waals surface area (Å²) >= 11 is 0. The van der Waals surface area contributed by atoms with Crippen molar-refractivity contribution in [3.63, 3.8) is 0 Å². The number of likely N-dealkylation sites (N-methyl/N-ethyl adjacent to an activating group) is 1. The predicted molar refractivity (Wildman–Crippen MR) is 77.0 cm³/mol. The predicted octanol–water partition coefficient (Wildman–Crippen LogP) is 0.146. The monoisotopic (exact) mass is 271 g/mol. The van der Waals surface area contributed by atoms with Gasteiger partial charge in [0.25, 0.3) is 0 Å². The quantitative estimate of drug-likeness (QED) is 0.692. The minimum Gasteiger partial charge on any atom is -0.392 e. The molecule has 0 aliphatic carbocycles. The molecule has 1 aliphatic heterocycles. The summed E-state index contributed by atoms with van der Waals surface area (Å²) in [5.74, 6) is 0.675. The number of likely N-dealkylation sites (tertiary alicyclic amines) is 1. The maximum absolute atomic E-state index is 11.9. The lowest BCUT2D eigenvalue weighted by molar-refractivity contribution is -0.122. The van der Waals surface area contributed by atoms with Crippen LogP contribution in [0, 0.1) is 5.92 Å². The van der Waals surface area contributed by atoms with Crippen LogP contribution in [0.2, 0.25) is 0 Å². The first-order chi connectivity index (χ1) is 8.88. The fraction of sp³-hybridized carbons (Fsp3) is 0.929. The molecule has 1 fully saturated rings. The van der Waals surface area contributed by atoms with E-state index in [1.165, 1.54) is 0 Å². The van der Waals surface area contributed by atoms with Crippen LogP contribution in [0.4, 0.5) is 0 Å². The van der Waals surface area contributed by atoms with Crippen molar-refractivity contribution in [1.29, 1.82) is 0 Å². The molecule has 1 heterocycles. The van der Waals surface area contributed by atoms with E-state index < -0.39 is 0 Å². The highest BCUT2D eigenvalue weighted by Crippen LogP contribution is 2.17. The van der Waals surface area contributed by atoms with Crippen LogP contribution in [0.25, 0.3) is 0 Å². The largest absolute Gasteiger partial charge is 0.392 e. The molecular weight excluding hydrogens is 242 g/mol. The summed E-state index contributed by atoms with van der Waals surface area (Å²) in [4.78, 5) is 16.1. The molecule has 2 unspecified atom stereocenters. The summed E-state index contributed by atoms with van der Waals surface area (Å²) < 4.78 is 0. The van der Waals surface area contributed by atoms with Gasteiger partial charge < -0.3 is 15.3 Å². The van der Waals surface area contributed by atoms with Crippen LogP contribution in [0.5, 0.6) is 0 Å². The van der Waals surface area contributed by atoms with Crippen LogP contribution < -0.4 is 5.32 Å². The number of nitrogens with one attached hydrogen (secondary N) is 1. The van der Waals surface area contributed by atoms with E-state index in [2.05, 4.69) is 29.0 Å². The minimum absolute atomic E-state index is 0.0681. The lowest BCUT2D eigenvalue weighted by atomic mass is 10.1. The number of carbonyl (C=O) groups excluding carboxylic acids is 1. The molecule has 1 saturated heterocycles. The van der Waals surface area contributed by atoms with E-state index in [1.807, 2.05) is 14.1 Å². The van der Waals surface area contributed by atoms with Gasteiger partial charge in [-0.2, -0.15) is 0 Å². The topological polar surface area (TPSA) is 55.8 Å². The van der Waals surface area contributed by atoms with Crippen LogP contribution in [0.15, 0.2) is 0 Å². The molecule has 0 aromatic heterocycles. The van der Waals surface area contributed by atoms with Crippen molar-refractivity contribution in [3.8, 4) is 0 Å². The normalized spacial score (nSPS) is 24.4. The lowest BCUT2D eigenvalue weighted by Gasteiger charge is -2.26. The standard InChI is InChI=1S/C14H29N3O2/c1-11(2)5-6-15-14(19)10-17-9-13(18)7-12(17)8-16(3)4/h11-13,18H,5-10H2,1-4H3,(H,15,19). The van der Waals surface area contributed by atoms with Gasteiger partial charge in [0.1, 0.15) is 0 Å². The molecule has 5 nitrogen and oxygen atoms in total. The Morgan fingerprint density at radius 2 is 2.16 bits per heavy atom. The third-order valence-corrected chi connectivity index (χ3v) is 3.47. The van der Waals surface area contributed by atoms with Gasteiger partial charge in [0.2, 0.25) is 5.91 Å². The second-order valence-corrected chi connectivity index (χ2v) is 6.27. The van der Waals surface area contributed by atoms with Gasteiger partial charge in [0.15, 0.2) is 0 Å². The second-order valence-electron chi connectivity index (χ2n) is 6.27. The number of aliphatic hydroxyl groups is 1. The first kappa shape index (κ1) is 16.4. The molecule has 19 heavy (non-hydrogen) atoms. The Hall–Kier alpha value is -0.650. The molecule has 0 radical (unpaired) electrons. The fourth-order valence-electron chi connectivity index (χ4n) is 2.50. The number of aliphatic hydroxyl groups excluding tert-OH is 1. The van der Waals surface area contributed by atoms with Crippen molar-refractivity contribution in [1.82, 2.24) is 15.1 Å². The summed E-state index contributed by atoms with van der Waals surface area (Å²) in [7, 11) is 4.04. The molecule has 1 amide bonds. The number of hydrogen-bond donors (Lipinski definition) is 2. The Morgan fingerprint density at radius 3 is 2.74 bits per heavy atom. The van der Waals surface area contributed by atoms with Crippen LogP contribution in [0.3, 0.4) is 0 Å². The van der Waals surface area contributed by atoms with Gasteiger partial charge in [-0.15, -0.1) is 0 Å². The molecule has 0 aromatic rings. The highest BCUT2D eigenvalue weighted by Gasteiger charge is 2.32. The summed E-state index contributed by atoms with van der Waals surface area (Å²) in [6, 6.07) is 0.279. The molecule has 2 N–H and O–H groups in total. The summed E-state index contributed by atoms with van der Waals surface area (Å²) in [6.07, 6.45) is 1.47. The number of nitrogens with zero attached hydrogens (tertiary/aromatic N) is 2. The molecule has 5 heteroatoms. The maximum Gasteiger partial charge on any atom is 0.234 e. The van der Waals surface area contributed by atoms with Crippen molar-refractivity contribution < 1.29 is 9.90 Å². The van der Waals surface area contributed by atoms with Crippen molar-refractivity contribution in [2.75, 3.05) is 40.3 Å². The maximum atomic E-state index is 11.9. The van der Waals surface area contributed by atoms with E-state index in [0.717, 1.165) is 25.9 Å². The Kier molecular flexibility index (Phi) is 6.75. The van der Waals surface area contributed by atoms with E-state index in [1.54, 1.807) is 0 Å². The van der Waals surface area contributed by atoms with E-state index in [-0.39, 0.29) is 18.1 Å². The SMILES string of the molecule is CC(C)CCNC(=O)CN1CC(O)CC1CN(C)C. The Balaban J connectivity index is 2.34. The number of β-amino-alcohol motifs (C(OH)–C–C–N with tert-alkyl or cyclic N) is 1. The number of hydrogen-bond acceptors (Lipinski definition) is 4. The summed E-state index contributed by atoms with van der Waals surface area (Å²) in [5.41, 5.74) is 0. The Morgan fingerprint density at radius 1 is 1.47 bits per heavy atom. The van der Waals surface area contributed by atoms with Gasteiger partial charge in [-0.25, -0.2) is 0 Å². The van der Waals surface area contributed by atoms with Crippen LogP contribution in [-0.2, 0) is 4.79 Å². The molecule has 0 bridgehead atoms. The zero-order valence-electron chi connectivity index (χ0n) is 12.7. The average molecular weight is 271 g/mol. The lowest BCUT2D eigenvalue weighted by Crippen LogP contribution is -2.43. The molecule has 0 aromatic carbocycles. The third kappa shape index (κ3) is 6.36. The van der Waals surface area contributed by atoms with Crippen molar-refractivity contribution in [2.24, 2.45) is 5.92 Å².